The lowest BCUT2D eigenvalue weighted by molar-refractivity contribution is -0.111. The Morgan fingerprint density at radius 1 is 1.07 bits per heavy atom. The number of rotatable bonds is 4. The van der Waals surface area contributed by atoms with Crippen molar-refractivity contribution in [2.45, 2.75) is 18.4 Å². The number of fused-ring (bicyclic) bond motifs is 1. The molecule has 7 heteroatoms. The highest BCUT2D eigenvalue weighted by atomic mass is 32.2. The number of amides is 1. The van der Waals surface area contributed by atoms with Crippen LogP contribution in [0.3, 0.4) is 0 Å². The Hall–Kier alpha value is -3.19. The average Bonchev–Trinajstić information content (AvgIpc) is 3.14. The van der Waals surface area contributed by atoms with Crippen LogP contribution in [0.5, 0.6) is 0 Å². The van der Waals surface area contributed by atoms with Crippen LogP contribution >= 0.6 is 0 Å². The van der Waals surface area contributed by atoms with Crippen molar-refractivity contribution >= 4 is 27.6 Å². The molecule has 6 nitrogen and oxygen atoms in total. The molecule has 0 aliphatic carbocycles. The fourth-order valence-corrected chi connectivity index (χ4v) is 4.63. The van der Waals surface area contributed by atoms with Gasteiger partial charge in [-0.25, -0.2) is 13.1 Å². The third kappa shape index (κ3) is 3.75. The highest BCUT2D eigenvalue weighted by Crippen LogP contribution is 2.33. The molecule has 2 heterocycles. The SMILES string of the molecule is Cc1ccc(-n2nc3c(c2NC(=O)C=Cc2ccccc2)CS(=O)(=O)C3)cc1. The third-order valence-corrected chi connectivity index (χ3v) is 5.98. The van der Waals surface area contributed by atoms with E-state index in [4.69, 9.17) is 0 Å². The molecule has 0 bridgehead atoms. The Balaban J connectivity index is 1.68. The van der Waals surface area contributed by atoms with Crippen molar-refractivity contribution in [3.63, 3.8) is 0 Å². The topological polar surface area (TPSA) is 81.1 Å². The van der Waals surface area contributed by atoms with Gasteiger partial charge in [-0.2, -0.15) is 5.10 Å². The minimum absolute atomic E-state index is 0.107. The molecule has 0 unspecified atom stereocenters. The van der Waals surface area contributed by atoms with Crippen LogP contribution in [0.1, 0.15) is 22.4 Å². The van der Waals surface area contributed by atoms with Crippen molar-refractivity contribution < 1.29 is 13.2 Å². The lowest BCUT2D eigenvalue weighted by atomic mass is 10.2. The van der Waals surface area contributed by atoms with Crippen LogP contribution in [-0.4, -0.2) is 24.1 Å². The molecule has 0 saturated carbocycles. The van der Waals surface area contributed by atoms with Crippen LogP contribution in [0, 0.1) is 6.92 Å². The second-order valence-electron chi connectivity index (χ2n) is 6.79. The number of hydrogen-bond acceptors (Lipinski definition) is 4. The molecule has 0 radical (unpaired) electrons. The Bertz CT molecular complexity index is 1160. The highest BCUT2D eigenvalue weighted by Gasteiger charge is 2.33. The average molecular weight is 393 g/mol. The maximum absolute atomic E-state index is 12.5. The molecular weight excluding hydrogens is 374 g/mol. The minimum atomic E-state index is -3.23. The molecule has 0 spiro atoms. The summed E-state index contributed by atoms with van der Waals surface area (Å²) < 4.78 is 25.6. The van der Waals surface area contributed by atoms with E-state index in [1.165, 1.54) is 6.08 Å². The van der Waals surface area contributed by atoms with Crippen LogP contribution in [0.25, 0.3) is 11.8 Å². The lowest BCUT2D eigenvalue weighted by Gasteiger charge is -2.10. The Morgan fingerprint density at radius 2 is 1.79 bits per heavy atom. The van der Waals surface area contributed by atoms with Gasteiger partial charge >= 0.3 is 0 Å². The van der Waals surface area contributed by atoms with E-state index in [1.54, 1.807) is 10.8 Å². The third-order valence-electron chi connectivity index (χ3n) is 4.53. The minimum Gasteiger partial charge on any atom is -0.307 e. The van der Waals surface area contributed by atoms with Crippen molar-refractivity contribution in [2.75, 3.05) is 5.32 Å². The normalized spacial score (nSPS) is 14.9. The van der Waals surface area contributed by atoms with Crippen LogP contribution in [-0.2, 0) is 26.1 Å². The molecule has 1 N–H and O–H groups in total. The number of nitrogens with zero attached hydrogens (tertiary/aromatic N) is 2. The van der Waals surface area contributed by atoms with Gasteiger partial charge in [0, 0.05) is 11.6 Å². The van der Waals surface area contributed by atoms with Gasteiger partial charge < -0.3 is 5.32 Å². The maximum atomic E-state index is 12.5. The molecule has 0 atom stereocenters. The van der Waals surface area contributed by atoms with E-state index < -0.39 is 9.84 Å². The molecule has 0 saturated heterocycles. The molecule has 1 aromatic heterocycles. The zero-order valence-corrected chi connectivity index (χ0v) is 16.1. The van der Waals surface area contributed by atoms with E-state index in [0.29, 0.717) is 17.1 Å². The zero-order valence-electron chi connectivity index (χ0n) is 15.3. The van der Waals surface area contributed by atoms with Crippen LogP contribution < -0.4 is 5.32 Å². The molecule has 3 aromatic rings. The van der Waals surface area contributed by atoms with E-state index in [2.05, 4.69) is 10.4 Å². The first-order valence-electron chi connectivity index (χ1n) is 8.84. The van der Waals surface area contributed by atoms with Crippen LogP contribution in [0.15, 0.2) is 60.7 Å². The highest BCUT2D eigenvalue weighted by molar-refractivity contribution is 7.90. The molecule has 4 rings (SSSR count). The van der Waals surface area contributed by atoms with E-state index in [0.717, 1.165) is 16.8 Å². The molecular formula is C21H19N3O3S. The number of carbonyl (C=O) groups is 1. The van der Waals surface area contributed by atoms with Gasteiger partial charge in [-0.05, 0) is 30.7 Å². The molecule has 1 aliphatic heterocycles. The molecule has 28 heavy (non-hydrogen) atoms. The van der Waals surface area contributed by atoms with Gasteiger partial charge in [0.05, 0.1) is 22.9 Å². The summed E-state index contributed by atoms with van der Waals surface area (Å²) in [6.45, 7) is 1.98. The monoisotopic (exact) mass is 393 g/mol. The predicted molar refractivity (Wildman–Crippen MR) is 109 cm³/mol. The Kier molecular flexibility index (Phi) is 4.60. The van der Waals surface area contributed by atoms with Gasteiger partial charge in [0.15, 0.2) is 9.84 Å². The Morgan fingerprint density at radius 3 is 2.50 bits per heavy atom. The number of hydrogen-bond donors (Lipinski definition) is 1. The number of aromatic nitrogens is 2. The van der Waals surface area contributed by atoms with E-state index in [-0.39, 0.29) is 17.4 Å². The lowest BCUT2D eigenvalue weighted by Crippen LogP contribution is -2.14. The zero-order chi connectivity index (χ0) is 19.7. The number of anilines is 1. The number of aryl methyl sites for hydroxylation is 1. The second-order valence-corrected chi connectivity index (χ2v) is 8.85. The summed E-state index contributed by atoms with van der Waals surface area (Å²) in [5, 5.41) is 7.28. The van der Waals surface area contributed by atoms with Crippen molar-refractivity contribution in [3.8, 4) is 5.69 Å². The van der Waals surface area contributed by atoms with Crippen molar-refractivity contribution in [1.82, 2.24) is 9.78 Å². The largest absolute Gasteiger partial charge is 0.307 e. The van der Waals surface area contributed by atoms with E-state index in [1.807, 2.05) is 61.5 Å². The van der Waals surface area contributed by atoms with E-state index in [9.17, 15) is 13.2 Å². The molecule has 1 amide bonds. The van der Waals surface area contributed by atoms with Crippen molar-refractivity contribution in [3.05, 3.63) is 83.1 Å². The summed E-state index contributed by atoms with van der Waals surface area (Å²) in [6, 6.07) is 17.1. The summed E-state index contributed by atoms with van der Waals surface area (Å²) in [5.74, 6) is -0.164. The predicted octanol–water partition coefficient (Wildman–Crippen LogP) is 3.26. The smallest absolute Gasteiger partial charge is 0.249 e. The molecule has 1 aliphatic rings. The van der Waals surface area contributed by atoms with Crippen molar-refractivity contribution in [1.29, 1.82) is 0 Å². The first-order valence-corrected chi connectivity index (χ1v) is 10.7. The first-order chi connectivity index (χ1) is 13.4. The standard InChI is InChI=1S/C21H19N3O3S/c1-15-7-10-17(11-8-15)24-21(18-13-28(26,27)14-19(18)23-24)22-20(25)12-9-16-5-3-2-4-6-16/h2-12H,13-14H2,1H3,(H,22,25). The van der Waals surface area contributed by atoms with Crippen molar-refractivity contribution in [2.24, 2.45) is 0 Å². The quantitative estimate of drug-likeness (QED) is 0.690. The van der Waals surface area contributed by atoms with Gasteiger partial charge in [-0.15, -0.1) is 0 Å². The van der Waals surface area contributed by atoms with E-state index >= 15 is 0 Å². The van der Waals surface area contributed by atoms with Gasteiger partial charge in [0.25, 0.3) is 0 Å². The fraction of sp³-hybridized carbons (Fsp3) is 0.143. The molecule has 142 valence electrons. The number of benzene rings is 2. The van der Waals surface area contributed by atoms with Crippen LogP contribution in [0.4, 0.5) is 5.82 Å². The number of nitrogens with one attached hydrogen (secondary N) is 1. The second kappa shape index (κ2) is 7.09. The summed E-state index contributed by atoms with van der Waals surface area (Å²) in [5.41, 5.74) is 3.81. The summed E-state index contributed by atoms with van der Waals surface area (Å²) in [7, 11) is -3.23. The summed E-state index contributed by atoms with van der Waals surface area (Å²) in [4.78, 5) is 12.5. The maximum Gasteiger partial charge on any atom is 0.249 e. The van der Waals surface area contributed by atoms with Gasteiger partial charge in [0.2, 0.25) is 5.91 Å². The first kappa shape index (κ1) is 18.2. The van der Waals surface area contributed by atoms with Gasteiger partial charge in [-0.3, -0.25) is 4.79 Å². The fourth-order valence-electron chi connectivity index (χ4n) is 3.14. The number of carbonyl (C=O) groups excluding carboxylic acids is 1. The number of sulfone groups is 1. The van der Waals surface area contributed by atoms with Crippen LogP contribution in [0.2, 0.25) is 0 Å². The Labute approximate surface area is 163 Å². The van der Waals surface area contributed by atoms with Gasteiger partial charge in [0.1, 0.15) is 5.82 Å². The van der Waals surface area contributed by atoms with Gasteiger partial charge in [-0.1, -0.05) is 48.0 Å². The summed E-state index contributed by atoms with van der Waals surface area (Å²) >= 11 is 0. The summed E-state index contributed by atoms with van der Waals surface area (Å²) in [6.07, 6.45) is 3.14. The molecule has 2 aromatic carbocycles. The molecule has 0 fully saturated rings.